The third-order valence-corrected chi connectivity index (χ3v) is 2.48. The summed E-state index contributed by atoms with van der Waals surface area (Å²) in [6, 6.07) is 2.21. The van der Waals surface area contributed by atoms with Gasteiger partial charge in [0.2, 0.25) is 5.91 Å². The molecule has 1 aliphatic heterocycles. The summed E-state index contributed by atoms with van der Waals surface area (Å²) in [5, 5.41) is 11.1. The molecule has 1 unspecified atom stereocenters. The summed E-state index contributed by atoms with van der Waals surface area (Å²) in [6.45, 7) is 0. The highest BCUT2D eigenvalue weighted by atomic mass is 19.1. The van der Waals surface area contributed by atoms with Gasteiger partial charge in [0, 0.05) is 16.9 Å². The van der Waals surface area contributed by atoms with Crippen molar-refractivity contribution >= 4 is 23.3 Å². The summed E-state index contributed by atoms with van der Waals surface area (Å²) in [7, 11) is 0. The summed E-state index contributed by atoms with van der Waals surface area (Å²) in [6.07, 6.45) is -0.353. The lowest BCUT2D eigenvalue weighted by Crippen LogP contribution is -2.16. The van der Waals surface area contributed by atoms with Crippen LogP contribution in [0.25, 0.3) is 0 Å². The number of hydrogen-bond acceptors (Lipinski definition) is 3. The fourth-order valence-corrected chi connectivity index (χ4v) is 1.85. The Bertz CT molecular complexity index is 487. The quantitative estimate of drug-likeness (QED) is 0.651. The molecule has 0 bridgehead atoms. The molecule has 84 valence electrons. The Labute approximate surface area is 90.1 Å². The number of carboxylic acids is 1. The number of hydrogen-bond donors (Lipinski definition) is 3. The number of fused-ring (bicyclic) bond motifs is 1. The van der Waals surface area contributed by atoms with Crippen LogP contribution in [0.3, 0.4) is 0 Å². The zero-order valence-corrected chi connectivity index (χ0v) is 8.16. The Morgan fingerprint density at radius 1 is 1.56 bits per heavy atom. The molecule has 0 saturated carbocycles. The van der Waals surface area contributed by atoms with E-state index in [2.05, 4.69) is 5.32 Å². The first kappa shape index (κ1) is 10.4. The minimum absolute atomic E-state index is 0.0969. The van der Waals surface area contributed by atoms with Gasteiger partial charge in [-0.2, -0.15) is 0 Å². The molecule has 2 rings (SSSR count). The lowest BCUT2D eigenvalue weighted by Gasteiger charge is -2.08. The summed E-state index contributed by atoms with van der Waals surface area (Å²) in [4.78, 5) is 22.1. The summed E-state index contributed by atoms with van der Waals surface area (Å²) >= 11 is 0. The molecule has 1 aromatic carbocycles. The molecule has 1 heterocycles. The number of carbonyl (C=O) groups excluding carboxylic acids is 1. The van der Waals surface area contributed by atoms with Crippen molar-refractivity contribution in [2.24, 2.45) is 0 Å². The standard InChI is InChI=1S/C10H9FN2O3/c11-4-1-6(12)9-5(3-8(14)15)10(16)13-7(9)2-4/h1-2,5H,3,12H2,(H,13,16)(H,14,15). The summed E-state index contributed by atoms with van der Waals surface area (Å²) < 4.78 is 13.0. The van der Waals surface area contributed by atoms with Gasteiger partial charge in [-0.15, -0.1) is 0 Å². The predicted molar refractivity (Wildman–Crippen MR) is 54.4 cm³/mol. The van der Waals surface area contributed by atoms with Gasteiger partial charge in [0.15, 0.2) is 0 Å². The first-order valence-corrected chi connectivity index (χ1v) is 4.60. The van der Waals surface area contributed by atoms with E-state index in [4.69, 9.17) is 10.8 Å². The van der Waals surface area contributed by atoms with Gasteiger partial charge in [-0.3, -0.25) is 9.59 Å². The van der Waals surface area contributed by atoms with Gasteiger partial charge < -0.3 is 16.2 Å². The number of nitrogens with two attached hydrogens (primary N) is 1. The average Bonchev–Trinajstić information content (AvgIpc) is 2.41. The normalized spacial score (nSPS) is 18.1. The molecule has 16 heavy (non-hydrogen) atoms. The minimum Gasteiger partial charge on any atom is -0.481 e. The van der Waals surface area contributed by atoms with Crippen molar-refractivity contribution < 1.29 is 19.1 Å². The largest absolute Gasteiger partial charge is 0.481 e. The highest BCUT2D eigenvalue weighted by Gasteiger charge is 2.34. The smallest absolute Gasteiger partial charge is 0.304 e. The van der Waals surface area contributed by atoms with Crippen LogP contribution in [-0.4, -0.2) is 17.0 Å². The van der Waals surface area contributed by atoms with E-state index in [0.29, 0.717) is 5.56 Å². The van der Waals surface area contributed by atoms with E-state index in [1.807, 2.05) is 0 Å². The second-order valence-corrected chi connectivity index (χ2v) is 3.60. The van der Waals surface area contributed by atoms with Crippen LogP contribution >= 0.6 is 0 Å². The molecule has 6 heteroatoms. The van der Waals surface area contributed by atoms with E-state index in [0.717, 1.165) is 12.1 Å². The van der Waals surface area contributed by atoms with Crippen molar-refractivity contribution in [3.63, 3.8) is 0 Å². The Hall–Kier alpha value is -2.11. The number of benzene rings is 1. The molecule has 1 aromatic rings. The van der Waals surface area contributed by atoms with Crippen LogP contribution in [-0.2, 0) is 9.59 Å². The summed E-state index contributed by atoms with van der Waals surface area (Å²) in [5.41, 5.74) is 6.30. The molecule has 0 spiro atoms. The first-order chi connectivity index (χ1) is 7.49. The fraction of sp³-hybridized carbons (Fsp3) is 0.200. The van der Waals surface area contributed by atoms with E-state index in [1.54, 1.807) is 0 Å². The lowest BCUT2D eigenvalue weighted by molar-refractivity contribution is -0.138. The van der Waals surface area contributed by atoms with Crippen molar-refractivity contribution in [1.82, 2.24) is 0 Å². The van der Waals surface area contributed by atoms with E-state index in [9.17, 15) is 14.0 Å². The number of aliphatic carboxylic acids is 1. The molecule has 1 aliphatic rings. The highest BCUT2D eigenvalue weighted by Crippen LogP contribution is 2.39. The zero-order chi connectivity index (χ0) is 11.9. The second kappa shape index (κ2) is 3.48. The zero-order valence-electron chi connectivity index (χ0n) is 8.16. The highest BCUT2D eigenvalue weighted by molar-refractivity contribution is 6.06. The van der Waals surface area contributed by atoms with Gasteiger partial charge in [0.1, 0.15) is 5.82 Å². The third-order valence-electron chi connectivity index (χ3n) is 2.48. The molecule has 0 saturated heterocycles. The van der Waals surface area contributed by atoms with Crippen LogP contribution in [0.15, 0.2) is 12.1 Å². The molecule has 0 aromatic heterocycles. The van der Waals surface area contributed by atoms with Crippen LogP contribution < -0.4 is 11.1 Å². The second-order valence-electron chi connectivity index (χ2n) is 3.60. The summed E-state index contributed by atoms with van der Waals surface area (Å²) in [5.74, 6) is -2.97. The maximum Gasteiger partial charge on any atom is 0.304 e. The van der Waals surface area contributed by atoms with Crippen LogP contribution in [0.4, 0.5) is 15.8 Å². The lowest BCUT2D eigenvalue weighted by atomic mass is 9.96. The molecule has 0 aliphatic carbocycles. The maximum atomic E-state index is 13.0. The number of amides is 1. The van der Waals surface area contributed by atoms with Gasteiger partial charge in [-0.05, 0) is 12.1 Å². The van der Waals surface area contributed by atoms with E-state index >= 15 is 0 Å². The van der Waals surface area contributed by atoms with Crippen molar-refractivity contribution in [1.29, 1.82) is 0 Å². The van der Waals surface area contributed by atoms with Gasteiger partial charge in [-0.1, -0.05) is 0 Å². The molecule has 0 radical (unpaired) electrons. The van der Waals surface area contributed by atoms with E-state index in [1.165, 1.54) is 0 Å². The molecule has 0 fully saturated rings. The Morgan fingerprint density at radius 2 is 2.25 bits per heavy atom. The molecular formula is C10H9FN2O3. The van der Waals surface area contributed by atoms with Crippen molar-refractivity contribution in [3.8, 4) is 0 Å². The number of rotatable bonds is 2. The van der Waals surface area contributed by atoms with Gasteiger partial charge in [-0.25, -0.2) is 4.39 Å². The molecular weight excluding hydrogens is 215 g/mol. The predicted octanol–water partition coefficient (Wildman–Crippen LogP) is 0.918. The Morgan fingerprint density at radius 3 is 2.88 bits per heavy atom. The van der Waals surface area contributed by atoms with Crippen LogP contribution in [0, 0.1) is 5.82 Å². The van der Waals surface area contributed by atoms with E-state index < -0.39 is 23.6 Å². The molecule has 4 N–H and O–H groups in total. The number of nitrogens with one attached hydrogen (secondary N) is 1. The SMILES string of the molecule is Nc1cc(F)cc2c1C(CC(=O)O)C(=O)N2. The monoisotopic (exact) mass is 224 g/mol. The van der Waals surface area contributed by atoms with Crippen LogP contribution in [0.5, 0.6) is 0 Å². The topological polar surface area (TPSA) is 92.4 Å². The average molecular weight is 224 g/mol. The number of halogens is 1. The number of carbonyl (C=O) groups is 2. The molecule has 1 atom stereocenters. The van der Waals surface area contributed by atoms with Gasteiger partial charge in [0.25, 0.3) is 0 Å². The molecule has 1 amide bonds. The third kappa shape index (κ3) is 1.58. The molecule has 5 nitrogen and oxygen atoms in total. The first-order valence-electron chi connectivity index (χ1n) is 4.60. The minimum atomic E-state index is -1.10. The van der Waals surface area contributed by atoms with Crippen molar-refractivity contribution in [2.75, 3.05) is 11.1 Å². The van der Waals surface area contributed by atoms with Crippen molar-refractivity contribution in [2.45, 2.75) is 12.3 Å². The van der Waals surface area contributed by atoms with Gasteiger partial charge >= 0.3 is 5.97 Å². The van der Waals surface area contributed by atoms with E-state index in [-0.39, 0.29) is 17.8 Å². The number of carboxylic acid groups (broad SMARTS) is 1. The Kier molecular flexibility index (Phi) is 2.26. The van der Waals surface area contributed by atoms with Crippen molar-refractivity contribution in [3.05, 3.63) is 23.5 Å². The fourth-order valence-electron chi connectivity index (χ4n) is 1.85. The van der Waals surface area contributed by atoms with Crippen LogP contribution in [0.1, 0.15) is 17.9 Å². The number of nitrogen functional groups attached to an aromatic ring is 1. The number of anilines is 2. The Balaban J connectivity index is 2.48. The maximum absolute atomic E-state index is 13.0. The van der Waals surface area contributed by atoms with Gasteiger partial charge in [0.05, 0.1) is 12.3 Å². The van der Waals surface area contributed by atoms with Crippen LogP contribution in [0.2, 0.25) is 0 Å².